The summed E-state index contributed by atoms with van der Waals surface area (Å²) >= 11 is 1.26. The average molecular weight is 364 g/mol. The van der Waals surface area contributed by atoms with Gasteiger partial charge in [-0.2, -0.15) is 5.10 Å². The van der Waals surface area contributed by atoms with Gasteiger partial charge in [0.1, 0.15) is 0 Å². The minimum atomic E-state index is -0.463. The molecule has 0 atom stereocenters. The molecular weight excluding hydrogens is 335 g/mol. The van der Waals surface area contributed by atoms with Gasteiger partial charge in [-0.25, -0.2) is 0 Å². The van der Waals surface area contributed by atoms with E-state index in [1.807, 2.05) is 50.8 Å². The highest BCUT2D eigenvalue weighted by Gasteiger charge is 2.52. The maximum absolute atomic E-state index is 11.4. The van der Waals surface area contributed by atoms with Gasteiger partial charge in [-0.05, 0) is 53.9 Å². The molecular formula is C18H29BN2O3S. The van der Waals surface area contributed by atoms with Crippen molar-refractivity contribution in [2.75, 3.05) is 5.75 Å². The van der Waals surface area contributed by atoms with Crippen molar-refractivity contribution in [2.24, 2.45) is 0 Å². The van der Waals surface area contributed by atoms with E-state index in [0.717, 1.165) is 11.0 Å². The van der Waals surface area contributed by atoms with Gasteiger partial charge >= 0.3 is 7.12 Å². The molecule has 0 aromatic carbocycles. The van der Waals surface area contributed by atoms with Crippen molar-refractivity contribution >= 4 is 30.1 Å². The van der Waals surface area contributed by atoms with Crippen molar-refractivity contribution < 1.29 is 14.1 Å². The normalized spacial score (nSPS) is 20.2. The summed E-state index contributed by atoms with van der Waals surface area (Å²) in [5.74, 6) is 0.535. The van der Waals surface area contributed by atoms with Crippen LogP contribution < -0.4 is 0 Å². The van der Waals surface area contributed by atoms with Gasteiger partial charge in [0.15, 0.2) is 5.12 Å². The lowest BCUT2D eigenvalue weighted by atomic mass is 9.78. The Hall–Kier alpha value is -1.05. The SMILES string of the molecule is CC(=O)SCC(=Cc1cnn(C(C)(C)C)c1)B1OC(C)(C)C(C)(C)O1. The maximum Gasteiger partial charge on any atom is 0.491 e. The highest BCUT2D eigenvalue weighted by atomic mass is 32.2. The smallest absolute Gasteiger partial charge is 0.400 e. The molecule has 0 radical (unpaired) electrons. The molecule has 1 aromatic rings. The molecule has 1 aliphatic rings. The molecule has 0 saturated carbocycles. The average Bonchev–Trinajstić information content (AvgIpc) is 2.97. The fraction of sp³-hybridized carbons (Fsp3) is 0.667. The zero-order chi connectivity index (χ0) is 19.0. The van der Waals surface area contributed by atoms with Crippen LogP contribution in [0.25, 0.3) is 6.08 Å². The first-order chi connectivity index (χ1) is 11.3. The van der Waals surface area contributed by atoms with E-state index in [2.05, 4.69) is 25.9 Å². The summed E-state index contributed by atoms with van der Waals surface area (Å²) in [6.07, 6.45) is 5.85. The largest absolute Gasteiger partial charge is 0.491 e. The Balaban J connectivity index is 2.30. The van der Waals surface area contributed by atoms with E-state index in [4.69, 9.17) is 9.31 Å². The summed E-state index contributed by atoms with van der Waals surface area (Å²) in [5, 5.41) is 4.51. The number of hydrogen-bond donors (Lipinski definition) is 0. The zero-order valence-corrected chi connectivity index (χ0v) is 17.4. The topological polar surface area (TPSA) is 53.4 Å². The highest BCUT2D eigenvalue weighted by molar-refractivity contribution is 8.13. The van der Waals surface area contributed by atoms with Gasteiger partial charge in [-0.15, -0.1) is 0 Å². The van der Waals surface area contributed by atoms with Crippen molar-refractivity contribution in [1.29, 1.82) is 0 Å². The Bertz CT molecular complexity index is 658. The minimum Gasteiger partial charge on any atom is -0.400 e. The van der Waals surface area contributed by atoms with Crippen LogP contribution in [0.1, 0.15) is 61.0 Å². The first-order valence-corrected chi connectivity index (χ1v) is 9.55. The fourth-order valence-electron chi connectivity index (χ4n) is 2.35. The highest BCUT2D eigenvalue weighted by Crippen LogP contribution is 2.39. The van der Waals surface area contributed by atoms with Gasteiger partial charge in [0.05, 0.1) is 22.9 Å². The molecule has 138 valence electrons. The number of carbonyl (C=O) groups is 1. The summed E-state index contributed by atoms with van der Waals surface area (Å²) in [4.78, 5) is 11.4. The summed E-state index contributed by atoms with van der Waals surface area (Å²) in [7, 11) is -0.463. The van der Waals surface area contributed by atoms with Crippen LogP contribution in [0.4, 0.5) is 0 Å². The molecule has 0 amide bonds. The Kier molecular flexibility index (Phi) is 5.62. The molecule has 1 aliphatic heterocycles. The third-order valence-electron chi connectivity index (χ3n) is 4.64. The van der Waals surface area contributed by atoms with Crippen molar-refractivity contribution in [1.82, 2.24) is 9.78 Å². The van der Waals surface area contributed by atoms with Crippen molar-refractivity contribution in [3.63, 3.8) is 0 Å². The molecule has 25 heavy (non-hydrogen) atoms. The van der Waals surface area contributed by atoms with Crippen molar-refractivity contribution in [3.05, 3.63) is 23.4 Å². The monoisotopic (exact) mass is 364 g/mol. The van der Waals surface area contributed by atoms with Crippen LogP contribution in [0.5, 0.6) is 0 Å². The second-order valence-electron chi connectivity index (χ2n) is 8.48. The molecule has 2 heterocycles. The van der Waals surface area contributed by atoms with E-state index in [9.17, 15) is 4.79 Å². The Morgan fingerprint density at radius 1 is 1.28 bits per heavy atom. The van der Waals surface area contributed by atoms with Gasteiger partial charge < -0.3 is 9.31 Å². The minimum absolute atomic E-state index is 0.0767. The first-order valence-electron chi connectivity index (χ1n) is 8.56. The lowest BCUT2D eigenvalue weighted by Gasteiger charge is -2.32. The summed E-state index contributed by atoms with van der Waals surface area (Å²) in [6.45, 7) is 16.0. The van der Waals surface area contributed by atoms with E-state index >= 15 is 0 Å². The fourth-order valence-corrected chi connectivity index (χ4v) is 2.94. The van der Waals surface area contributed by atoms with Crippen LogP contribution in [-0.2, 0) is 19.6 Å². The predicted molar refractivity (Wildman–Crippen MR) is 104 cm³/mol. The van der Waals surface area contributed by atoms with E-state index in [1.165, 1.54) is 11.8 Å². The summed E-state index contributed by atoms with van der Waals surface area (Å²) < 4.78 is 14.3. The Morgan fingerprint density at radius 3 is 2.28 bits per heavy atom. The molecule has 5 nitrogen and oxygen atoms in total. The molecule has 1 saturated heterocycles. The quantitative estimate of drug-likeness (QED) is 0.758. The van der Waals surface area contributed by atoms with Crippen LogP contribution in [-0.4, -0.2) is 39.0 Å². The van der Waals surface area contributed by atoms with Crippen LogP contribution in [0, 0.1) is 0 Å². The van der Waals surface area contributed by atoms with Crippen LogP contribution >= 0.6 is 11.8 Å². The first kappa shape index (κ1) is 20.3. The van der Waals surface area contributed by atoms with Gasteiger partial charge in [-0.3, -0.25) is 9.48 Å². The Morgan fingerprint density at radius 2 is 1.84 bits per heavy atom. The molecule has 1 aromatic heterocycles. The number of aromatic nitrogens is 2. The summed E-state index contributed by atoms with van der Waals surface area (Å²) in [6, 6.07) is 0. The zero-order valence-electron chi connectivity index (χ0n) is 16.5. The third kappa shape index (κ3) is 4.77. The molecule has 7 heteroatoms. The van der Waals surface area contributed by atoms with Crippen molar-refractivity contribution in [2.45, 2.75) is 72.1 Å². The predicted octanol–water partition coefficient (Wildman–Crippen LogP) is 3.93. The number of carbonyl (C=O) groups excluding carboxylic acids is 1. The van der Waals surface area contributed by atoms with Crippen LogP contribution in [0.3, 0.4) is 0 Å². The second kappa shape index (κ2) is 6.93. The third-order valence-corrected chi connectivity index (χ3v) is 5.52. The van der Waals surface area contributed by atoms with Gasteiger partial charge in [0, 0.05) is 24.4 Å². The number of thioether (sulfide) groups is 1. The second-order valence-corrected chi connectivity index (χ2v) is 9.63. The summed E-state index contributed by atoms with van der Waals surface area (Å²) in [5.41, 5.74) is 1.02. The maximum atomic E-state index is 11.4. The van der Waals surface area contributed by atoms with Gasteiger partial charge in [-0.1, -0.05) is 17.8 Å². The molecule has 0 aliphatic carbocycles. The van der Waals surface area contributed by atoms with Gasteiger partial charge in [0.25, 0.3) is 0 Å². The number of nitrogens with zero attached hydrogens (tertiary/aromatic N) is 2. The molecule has 0 spiro atoms. The lowest BCUT2D eigenvalue weighted by Crippen LogP contribution is -2.41. The van der Waals surface area contributed by atoms with Crippen molar-refractivity contribution in [3.8, 4) is 0 Å². The van der Waals surface area contributed by atoms with Crippen LogP contribution in [0.15, 0.2) is 17.9 Å². The lowest BCUT2D eigenvalue weighted by molar-refractivity contribution is -0.109. The van der Waals surface area contributed by atoms with E-state index in [1.54, 1.807) is 6.92 Å². The van der Waals surface area contributed by atoms with E-state index in [0.29, 0.717) is 5.75 Å². The number of rotatable bonds is 4. The molecule has 2 rings (SSSR count). The van der Waals surface area contributed by atoms with E-state index in [-0.39, 0.29) is 10.7 Å². The molecule has 0 N–H and O–H groups in total. The standard InChI is InChI=1S/C18H29BN2O3S/c1-13(22)25-12-15(19-23-17(5,6)18(7,8)24-19)9-14-10-20-21(11-14)16(2,3)4/h9-11H,12H2,1-8H3. The molecule has 0 bridgehead atoms. The van der Waals surface area contributed by atoms with Crippen LogP contribution in [0.2, 0.25) is 0 Å². The Labute approximate surface area is 155 Å². The van der Waals surface area contributed by atoms with Gasteiger partial charge in [0.2, 0.25) is 0 Å². The molecule has 1 fully saturated rings. The number of hydrogen-bond acceptors (Lipinski definition) is 5. The molecule has 0 unspecified atom stereocenters. The van der Waals surface area contributed by atoms with E-state index < -0.39 is 18.3 Å².